The summed E-state index contributed by atoms with van der Waals surface area (Å²) < 4.78 is 39.6. The molecule has 88 valence electrons. The summed E-state index contributed by atoms with van der Waals surface area (Å²) in [6.45, 7) is 0.513. The first-order valence-electron chi connectivity index (χ1n) is 4.20. The zero-order chi connectivity index (χ0) is 12.0. The number of halogens is 3. The highest BCUT2D eigenvalue weighted by molar-refractivity contribution is 7.99. The number of alkyl halides is 3. The van der Waals surface area contributed by atoms with E-state index < -0.39 is 12.0 Å². The van der Waals surface area contributed by atoms with Crippen LogP contribution in [0, 0.1) is 12.3 Å². The molecular weight excluding hydrogens is 259 g/mol. The van der Waals surface area contributed by atoms with Crippen molar-refractivity contribution in [1.29, 1.82) is 0 Å². The van der Waals surface area contributed by atoms with Gasteiger partial charge in [0, 0.05) is 23.8 Å². The Balaban J connectivity index is 2.33. The summed E-state index contributed by atoms with van der Waals surface area (Å²) >= 11 is 2.22. The van der Waals surface area contributed by atoms with E-state index in [-0.39, 0.29) is 5.13 Å². The van der Waals surface area contributed by atoms with Gasteiger partial charge >= 0.3 is 6.18 Å². The number of nitrogens with one attached hydrogen (secondary N) is 1. The zero-order valence-corrected chi connectivity index (χ0v) is 9.68. The molecule has 1 heterocycles. The molecule has 0 saturated heterocycles. The molecule has 0 spiro atoms. The van der Waals surface area contributed by atoms with Crippen molar-refractivity contribution >= 4 is 28.4 Å². The monoisotopic (exact) mass is 267 g/mol. The van der Waals surface area contributed by atoms with Crippen LogP contribution in [-0.2, 0) is 6.18 Å². The fraction of sp³-hybridized carbons (Fsp3) is 0.500. The van der Waals surface area contributed by atoms with Crippen LogP contribution in [0.3, 0.4) is 0 Å². The number of terminal acetylenes is 1. The number of thioether (sulfide) groups is 1. The normalized spacial score (nSPS) is 11.1. The minimum absolute atomic E-state index is 0.175. The lowest BCUT2D eigenvalue weighted by Gasteiger charge is -2.00. The number of aromatic nitrogens is 2. The van der Waals surface area contributed by atoms with Gasteiger partial charge in [0.15, 0.2) is 0 Å². The highest BCUT2D eigenvalue weighted by Gasteiger charge is 2.35. The molecule has 0 bridgehead atoms. The van der Waals surface area contributed by atoms with Crippen molar-refractivity contribution in [2.75, 3.05) is 23.4 Å². The second-order valence-electron chi connectivity index (χ2n) is 2.60. The van der Waals surface area contributed by atoms with E-state index in [0.29, 0.717) is 29.6 Å². The van der Waals surface area contributed by atoms with Gasteiger partial charge in [0.2, 0.25) is 11.0 Å². The van der Waals surface area contributed by atoms with Crippen LogP contribution in [0.4, 0.5) is 18.3 Å². The van der Waals surface area contributed by atoms with Gasteiger partial charge in [0.05, 0.1) is 5.75 Å². The lowest BCUT2D eigenvalue weighted by molar-refractivity contribution is -0.144. The first-order chi connectivity index (χ1) is 7.54. The van der Waals surface area contributed by atoms with Gasteiger partial charge in [-0.2, -0.15) is 22.5 Å². The fourth-order valence-corrected chi connectivity index (χ4v) is 1.89. The molecule has 0 amide bonds. The lowest BCUT2D eigenvalue weighted by atomic mass is 10.6. The highest BCUT2D eigenvalue weighted by Crippen LogP contribution is 2.28. The van der Waals surface area contributed by atoms with Crippen LogP contribution in [0.2, 0.25) is 0 Å². The highest BCUT2D eigenvalue weighted by atomic mass is 32.2. The van der Waals surface area contributed by atoms with Gasteiger partial charge in [-0.25, -0.2) is 0 Å². The van der Waals surface area contributed by atoms with E-state index in [4.69, 9.17) is 6.42 Å². The van der Waals surface area contributed by atoms with Gasteiger partial charge in [-0.15, -0.1) is 18.2 Å². The van der Waals surface area contributed by atoms with Crippen LogP contribution in [0.15, 0.2) is 0 Å². The first kappa shape index (κ1) is 13.1. The quantitative estimate of drug-likeness (QED) is 0.656. The lowest BCUT2D eigenvalue weighted by Crippen LogP contribution is -2.08. The molecule has 0 atom stereocenters. The molecule has 0 aliphatic rings. The Labute approximate surface area is 99.0 Å². The van der Waals surface area contributed by atoms with Crippen molar-refractivity contribution in [3.05, 3.63) is 5.82 Å². The second-order valence-corrected chi connectivity index (χ2v) is 4.46. The molecular formula is C8H8F3N3S2. The largest absolute Gasteiger partial charge is 0.452 e. The maximum Gasteiger partial charge on any atom is 0.452 e. The molecule has 3 nitrogen and oxygen atoms in total. The average Bonchev–Trinajstić information content (AvgIpc) is 2.65. The van der Waals surface area contributed by atoms with Crippen molar-refractivity contribution in [3.63, 3.8) is 0 Å². The maximum absolute atomic E-state index is 12.1. The van der Waals surface area contributed by atoms with Gasteiger partial charge in [0.25, 0.3) is 0 Å². The third kappa shape index (κ3) is 4.28. The molecule has 0 unspecified atom stereocenters. The van der Waals surface area contributed by atoms with E-state index >= 15 is 0 Å². The summed E-state index contributed by atoms with van der Waals surface area (Å²) in [4.78, 5) is 3.32. The number of rotatable bonds is 5. The predicted octanol–water partition coefficient (Wildman–Crippen LogP) is 2.34. The smallest absolute Gasteiger partial charge is 0.359 e. The Morgan fingerprint density at radius 1 is 1.50 bits per heavy atom. The SMILES string of the molecule is C#CCSCCNc1nc(C(F)(F)F)ns1. The van der Waals surface area contributed by atoms with Crippen molar-refractivity contribution < 1.29 is 13.2 Å². The third-order valence-electron chi connectivity index (χ3n) is 1.39. The molecule has 0 aliphatic heterocycles. The number of hydrogen-bond acceptors (Lipinski definition) is 5. The summed E-state index contributed by atoms with van der Waals surface area (Å²) in [5.74, 6) is 2.65. The summed E-state index contributed by atoms with van der Waals surface area (Å²) in [5, 5.41) is 2.93. The Bertz CT molecular complexity index is 369. The predicted molar refractivity (Wildman–Crippen MR) is 59.6 cm³/mol. The summed E-state index contributed by atoms with van der Waals surface area (Å²) in [6, 6.07) is 0. The molecule has 1 rings (SSSR count). The van der Waals surface area contributed by atoms with Crippen molar-refractivity contribution in [2.24, 2.45) is 0 Å². The molecule has 1 aromatic rings. The standard InChI is InChI=1S/C8H8F3N3S2/c1-2-4-15-5-3-12-7-13-6(14-16-7)8(9,10)11/h1H,3-5H2,(H,12,13,14). The van der Waals surface area contributed by atoms with E-state index in [9.17, 15) is 13.2 Å². The molecule has 0 aliphatic carbocycles. The third-order valence-corrected chi connectivity index (χ3v) is 2.92. The van der Waals surface area contributed by atoms with Crippen LogP contribution in [-0.4, -0.2) is 27.4 Å². The van der Waals surface area contributed by atoms with Gasteiger partial charge in [-0.3, -0.25) is 0 Å². The maximum atomic E-state index is 12.1. The van der Waals surface area contributed by atoms with E-state index in [1.807, 2.05) is 0 Å². The van der Waals surface area contributed by atoms with Gasteiger partial charge < -0.3 is 5.32 Å². The molecule has 8 heteroatoms. The topological polar surface area (TPSA) is 37.8 Å². The van der Waals surface area contributed by atoms with E-state index in [2.05, 4.69) is 20.6 Å². The molecule has 16 heavy (non-hydrogen) atoms. The molecule has 1 N–H and O–H groups in total. The minimum atomic E-state index is -4.48. The molecule has 1 aromatic heterocycles. The number of anilines is 1. The average molecular weight is 267 g/mol. The zero-order valence-electron chi connectivity index (χ0n) is 8.04. The second kappa shape index (κ2) is 5.96. The fourth-order valence-electron chi connectivity index (χ4n) is 0.772. The molecule has 0 saturated carbocycles. The summed E-state index contributed by atoms with van der Waals surface area (Å²) in [5.41, 5.74) is 0. The van der Waals surface area contributed by atoms with Gasteiger partial charge in [-0.1, -0.05) is 5.92 Å². The first-order valence-corrected chi connectivity index (χ1v) is 6.13. The van der Waals surface area contributed by atoms with Gasteiger partial charge in [-0.05, 0) is 0 Å². The summed E-state index contributed by atoms with van der Waals surface area (Å²) in [7, 11) is 0. The van der Waals surface area contributed by atoms with E-state index in [1.54, 1.807) is 0 Å². The molecule has 0 radical (unpaired) electrons. The Morgan fingerprint density at radius 2 is 2.25 bits per heavy atom. The molecule has 0 fully saturated rings. The Morgan fingerprint density at radius 3 is 2.81 bits per heavy atom. The van der Waals surface area contributed by atoms with E-state index in [0.717, 1.165) is 0 Å². The number of hydrogen-bond donors (Lipinski definition) is 1. The van der Waals surface area contributed by atoms with Crippen LogP contribution >= 0.6 is 23.3 Å². The minimum Gasteiger partial charge on any atom is -0.359 e. The molecule has 0 aromatic carbocycles. The van der Waals surface area contributed by atoms with Crippen LogP contribution in [0.5, 0.6) is 0 Å². The van der Waals surface area contributed by atoms with Crippen LogP contribution in [0.25, 0.3) is 0 Å². The van der Waals surface area contributed by atoms with Crippen molar-refractivity contribution in [3.8, 4) is 12.3 Å². The van der Waals surface area contributed by atoms with Crippen LogP contribution < -0.4 is 5.32 Å². The van der Waals surface area contributed by atoms with Crippen molar-refractivity contribution in [1.82, 2.24) is 9.36 Å². The Kier molecular flexibility index (Phi) is 4.89. The van der Waals surface area contributed by atoms with E-state index in [1.165, 1.54) is 11.8 Å². The number of nitrogens with zero attached hydrogens (tertiary/aromatic N) is 2. The Hall–Kier alpha value is -0.940. The van der Waals surface area contributed by atoms with Gasteiger partial charge in [0.1, 0.15) is 0 Å². The van der Waals surface area contributed by atoms with Crippen molar-refractivity contribution in [2.45, 2.75) is 6.18 Å². The van der Waals surface area contributed by atoms with Crippen LogP contribution in [0.1, 0.15) is 5.82 Å². The summed E-state index contributed by atoms with van der Waals surface area (Å²) in [6.07, 6.45) is 0.559.